The standard InChI is InChI=1S/C17H25NO2/c1-5-13(11-18-4)8-15-10-17-14(7-12(3)20-17)9-16(15)19-6-2/h8-10,12,18H,5-7,11H2,1-4H3. The fourth-order valence-electron chi connectivity index (χ4n) is 2.57. The van der Waals surface area contributed by atoms with Gasteiger partial charge < -0.3 is 14.8 Å². The van der Waals surface area contributed by atoms with Crippen LogP contribution in [0, 0.1) is 0 Å². The molecule has 1 unspecified atom stereocenters. The molecule has 0 amide bonds. The van der Waals surface area contributed by atoms with E-state index in [0.29, 0.717) is 6.61 Å². The predicted molar refractivity (Wildman–Crippen MR) is 83.6 cm³/mol. The van der Waals surface area contributed by atoms with Crippen molar-refractivity contribution in [3.05, 3.63) is 28.8 Å². The number of rotatable bonds is 6. The van der Waals surface area contributed by atoms with Crippen LogP contribution in [0.1, 0.15) is 38.3 Å². The van der Waals surface area contributed by atoms with Crippen LogP contribution in [-0.2, 0) is 6.42 Å². The van der Waals surface area contributed by atoms with Gasteiger partial charge in [-0.25, -0.2) is 0 Å². The molecule has 0 radical (unpaired) electrons. The zero-order valence-corrected chi connectivity index (χ0v) is 13.0. The van der Waals surface area contributed by atoms with Crippen molar-refractivity contribution in [3.8, 4) is 11.5 Å². The molecule has 3 nitrogen and oxygen atoms in total. The molecule has 0 bridgehead atoms. The van der Waals surface area contributed by atoms with E-state index in [-0.39, 0.29) is 6.10 Å². The minimum absolute atomic E-state index is 0.265. The van der Waals surface area contributed by atoms with Crippen LogP contribution < -0.4 is 14.8 Å². The van der Waals surface area contributed by atoms with Crippen LogP contribution in [0.3, 0.4) is 0 Å². The molecule has 0 spiro atoms. The first kappa shape index (κ1) is 14.9. The van der Waals surface area contributed by atoms with E-state index < -0.39 is 0 Å². The van der Waals surface area contributed by atoms with Gasteiger partial charge in [0.1, 0.15) is 17.6 Å². The van der Waals surface area contributed by atoms with Gasteiger partial charge in [-0.2, -0.15) is 0 Å². The van der Waals surface area contributed by atoms with E-state index >= 15 is 0 Å². The van der Waals surface area contributed by atoms with Crippen molar-refractivity contribution in [2.45, 2.75) is 39.7 Å². The Morgan fingerprint density at radius 2 is 2.25 bits per heavy atom. The normalized spacial score (nSPS) is 17.8. The highest BCUT2D eigenvalue weighted by molar-refractivity contribution is 5.64. The molecule has 1 aliphatic heterocycles. The zero-order chi connectivity index (χ0) is 14.5. The lowest BCUT2D eigenvalue weighted by molar-refractivity contribution is 0.254. The molecule has 1 aromatic rings. The van der Waals surface area contributed by atoms with E-state index in [1.165, 1.54) is 11.1 Å². The molecule has 3 heteroatoms. The van der Waals surface area contributed by atoms with Crippen molar-refractivity contribution in [3.63, 3.8) is 0 Å². The molecule has 0 saturated carbocycles. The number of nitrogens with one attached hydrogen (secondary N) is 1. The fourth-order valence-corrected chi connectivity index (χ4v) is 2.57. The van der Waals surface area contributed by atoms with Crippen LogP contribution in [0.4, 0.5) is 0 Å². The molecule has 1 atom stereocenters. The van der Waals surface area contributed by atoms with Crippen LogP contribution in [0.5, 0.6) is 11.5 Å². The van der Waals surface area contributed by atoms with E-state index in [2.05, 4.69) is 37.4 Å². The number of hydrogen-bond donors (Lipinski definition) is 1. The third-order valence-electron chi connectivity index (χ3n) is 3.55. The first-order valence-corrected chi connectivity index (χ1v) is 7.48. The van der Waals surface area contributed by atoms with E-state index in [0.717, 1.165) is 36.4 Å². The van der Waals surface area contributed by atoms with Crippen LogP contribution in [0.2, 0.25) is 0 Å². The average molecular weight is 275 g/mol. The average Bonchev–Trinajstić information content (AvgIpc) is 2.77. The summed E-state index contributed by atoms with van der Waals surface area (Å²) in [6.45, 7) is 7.89. The van der Waals surface area contributed by atoms with Gasteiger partial charge in [0.2, 0.25) is 0 Å². The Labute approximate surface area is 122 Å². The first-order chi connectivity index (χ1) is 9.67. The SMILES string of the molecule is CCOc1cc2c(cc1C=C(CC)CNC)OC(C)C2. The largest absolute Gasteiger partial charge is 0.493 e. The number of hydrogen-bond acceptors (Lipinski definition) is 3. The van der Waals surface area contributed by atoms with Gasteiger partial charge in [0.15, 0.2) is 0 Å². The van der Waals surface area contributed by atoms with Crippen LogP contribution in [0.15, 0.2) is 17.7 Å². The smallest absolute Gasteiger partial charge is 0.127 e. The van der Waals surface area contributed by atoms with Crippen LogP contribution >= 0.6 is 0 Å². The second-order valence-corrected chi connectivity index (χ2v) is 5.25. The number of fused-ring (bicyclic) bond motifs is 1. The molecule has 110 valence electrons. The Kier molecular flexibility index (Phi) is 5.07. The van der Waals surface area contributed by atoms with Crippen molar-refractivity contribution < 1.29 is 9.47 Å². The van der Waals surface area contributed by atoms with Gasteiger partial charge in [-0.3, -0.25) is 0 Å². The summed E-state index contributed by atoms with van der Waals surface area (Å²) in [6, 6.07) is 4.26. The molecule has 0 aliphatic carbocycles. The molecule has 1 aliphatic rings. The molecule has 1 heterocycles. The highest BCUT2D eigenvalue weighted by atomic mass is 16.5. The Morgan fingerprint density at radius 1 is 1.45 bits per heavy atom. The summed E-state index contributed by atoms with van der Waals surface area (Å²) in [4.78, 5) is 0. The molecule has 1 N–H and O–H groups in total. The molecule has 0 saturated heterocycles. The van der Waals surface area contributed by atoms with Gasteiger partial charge in [-0.1, -0.05) is 18.6 Å². The maximum absolute atomic E-state index is 5.86. The quantitative estimate of drug-likeness (QED) is 0.863. The summed E-state index contributed by atoms with van der Waals surface area (Å²) < 4.78 is 11.7. The Morgan fingerprint density at radius 3 is 2.90 bits per heavy atom. The molecule has 0 fully saturated rings. The summed E-state index contributed by atoms with van der Waals surface area (Å²) >= 11 is 0. The van der Waals surface area contributed by atoms with Gasteiger partial charge in [-0.15, -0.1) is 0 Å². The second-order valence-electron chi connectivity index (χ2n) is 5.25. The van der Waals surface area contributed by atoms with Crippen molar-refractivity contribution in [2.75, 3.05) is 20.2 Å². The number of benzene rings is 1. The van der Waals surface area contributed by atoms with Crippen molar-refractivity contribution in [1.29, 1.82) is 0 Å². The highest BCUT2D eigenvalue weighted by Crippen LogP contribution is 2.36. The summed E-state index contributed by atoms with van der Waals surface area (Å²) in [5, 5.41) is 3.21. The van der Waals surface area contributed by atoms with Crippen molar-refractivity contribution in [2.24, 2.45) is 0 Å². The van der Waals surface area contributed by atoms with Crippen LogP contribution in [0.25, 0.3) is 6.08 Å². The van der Waals surface area contributed by atoms with Crippen molar-refractivity contribution >= 4 is 6.08 Å². The molecule has 2 rings (SSSR count). The minimum Gasteiger partial charge on any atom is -0.493 e. The lowest BCUT2D eigenvalue weighted by atomic mass is 10.0. The lowest BCUT2D eigenvalue weighted by Crippen LogP contribution is -2.10. The van der Waals surface area contributed by atoms with Crippen molar-refractivity contribution in [1.82, 2.24) is 5.32 Å². The van der Waals surface area contributed by atoms with E-state index in [4.69, 9.17) is 9.47 Å². The summed E-state index contributed by atoms with van der Waals surface area (Å²) in [5.41, 5.74) is 3.73. The Bertz CT molecular complexity index is 494. The summed E-state index contributed by atoms with van der Waals surface area (Å²) in [6.07, 6.45) is 4.48. The molecular formula is C17H25NO2. The number of ether oxygens (including phenoxy) is 2. The van der Waals surface area contributed by atoms with Gasteiger partial charge in [0.05, 0.1) is 6.61 Å². The van der Waals surface area contributed by atoms with E-state index in [9.17, 15) is 0 Å². The van der Waals surface area contributed by atoms with Gasteiger partial charge in [0, 0.05) is 24.1 Å². The minimum atomic E-state index is 0.265. The fraction of sp³-hybridized carbons (Fsp3) is 0.529. The van der Waals surface area contributed by atoms with E-state index in [1.807, 2.05) is 14.0 Å². The summed E-state index contributed by atoms with van der Waals surface area (Å²) in [5.74, 6) is 1.97. The molecular weight excluding hydrogens is 250 g/mol. The van der Waals surface area contributed by atoms with Crippen LogP contribution in [-0.4, -0.2) is 26.3 Å². The third kappa shape index (κ3) is 3.34. The topological polar surface area (TPSA) is 30.5 Å². The highest BCUT2D eigenvalue weighted by Gasteiger charge is 2.21. The maximum Gasteiger partial charge on any atom is 0.127 e. The number of likely N-dealkylation sites (N-methyl/N-ethyl adjacent to an activating group) is 1. The third-order valence-corrected chi connectivity index (χ3v) is 3.55. The monoisotopic (exact) mass is 275 g/mol. The molecule has 20 heavy (non-hydrogen) atoms. The lowest BCUT2D eigenvalue weighted by Gasteiger charge is -2.12. The zero-order valence-electron chi connectivity index (χ0n) is 13.0. The molecule has 1 aromatic carbocycles. The van der Waals surface area contributed by atoms with Gasteiger partial charge in [0.25, 0.3) is 0 Å². The first-order valence-electron chi connectivity index (χ1n) is 7.48. The Balaban J connectivity index is 2.38. The van der Waals surface area contributed by atoms with Gasteiger partial charge in [-0.05, 0) is 39.4 Å². The predicted octanol–water partition coefficient (Wildman–Crippen LogP) is 3.42. The summed E-state index contributed by atoms with van der Waals surface area (Å²) in [7, 11) is 1.97. The van der Waals surface area contributed by atoms with Gasteiger partial charge >= 0.3 is 0 Å². The second kappa shape index (κ2) is 6.80. The Hall–Kier alpha value is -1.48. The molecule has 0 aromatic heterocycles. The maximum atomic E-state index is 5.86. The van der Waals surface area contributed by atoms with E-state index in [1.54, 1.807) is 0 Å².